The molecule has 18 N–H and O–H groups in total. The van der Waals surface area contributed by atoms with Crippen molar-refractivity contribution in [3.63, 3.8) is 0 Å². The van der Waals surface area contributed by atoms with E-state index < -0.39 is 114 Å². The van der Waals surface area contributed by atoms with Gasteiger partial charge in [0.1, 0.15) is 28.7 Å². The molecule has 3 fully saturated rings. The van der Waals surface area contributed by atoms with E-state index in [4.69, 9.17) is 0 Å². The highest BCUT2D eigenvalue weighted by atomic mass is 16.4. The molecule has 140 heavy (non-hydrogen) atoms. The summed E-state index contributed by atoms with van der Waals surface area (Å²) in [6, 6.07) is 32.2. The third-order valence-electron chi connectivity index (χ3n) is 29.7. The first kappa shape index (κ1) is 93.7. The molecular formula is C105H109N15O20. The Morgan fingerprint density at radius 2 is 0.536 bits per heavy atom. The molecule has 0 amide bonds. The van der Waals surface area contributed by atoms with Crippen molar-refractivity contribution in [1.82, 2.24) is 73.5 Å². The van der Waals surface area contributed by atoms with Crippen LogP contribution in [0.1, 0.15) is 187 Å². The van der Waals surface area contributed by atoms with Crippen molar-refractivity contribution in [3.05, 3.63) is 255 Å². The fraction of sp³-hybridized carbons (Fsp3) is 0.333. The number of nitrogens with one attached hydrogen (secondary N) is 8. The number of H-pyrrole nitrogens is 5. The van der Waals surface area contributed by atoms with Crippen LogP contribution in [0.3, 0.4) is 0 Å². The number of carboxylic acid groups (broad SMARTS) is 5. The Labute approximate surface area is 798 Å². The number of benzene rings is 5. The van der Waals surface area contributed by atoms with Crippen LogP contribution in [0.4, 0.5) is 0 Å². The van der Waals surface area contributed by atoms with Gasteiger partial charge < -0.3 is 115 Å². The number of aromatic carboxylic acids is 5. The van der Waals surface area contributed by atoms with Crippen LogP contribution in [0, 0.1) is 0 Å². The molecule has 35 nitrogen and oxygen atoms in total. The highest BCUT2D eigenvalue weighted by Gasteiger charge is 2.35. The fourth-order valence-corrected chi connectivity index (χ4v) is 21.6. The Bertz CT molecular complexity index is 8090. The molecule has 2 saturated heterocycles. The van der Waals surface area contributed by atoms with Gasteiger partial charge in [0.25, 0.3) is 27.8 Å². The summed E-state index contributed by atoms with van der Waals surface area (Å²) >= 11 is 0. The van der Waals surface area contributed by atoms with Gasteiger partial charge in [-0.05, 0) is 268 Å². The summed E-state index contributed by atoms with van der Waals surface area (Å²) in [5.41, 5.74) is 19.7. The monoisotopic (exact) mass is 1900 g/mol. The lowest BCUT2D eigenvalue weighted by Gasteiger charge is -2.30. The third kappa shape index (κ3) is 16.7. The Morgan fingerprint density at radius 1 is 0.300 bits per heavy atom. The number of hydrogen-bond donors (Lipinski definition) is 18. The molecule has 8 aliphatic rings. The highest BCUT2D eigenvalue weighted by molar-refractivity contribution is 6.00. The van der Waals surface area contributed by atoms with Gasteiger partial charge in [-0.15, -0.1) is 0 Å². The minimum atomic E-state index is -1.42. The molecule has 15 aromatic rings. The van der Waals surface area contributed by atoms with E-state index in [1.807, 2.05) is 46.4 Å². The number of fused-ring (bicyclic) bond motifs is 20. The molecule has 0 radical (unpaired) electrons. The second-order valence-electron chi connectivity index (χ2n) is 37.9. The smallest absolute Gasteiger partial charge is 0.345 e. The summed E-state index contributed by atoms with van der Waals surface area (Å²) in [5.74, 6) is -9.16. The first-order valence-corrected chi connectivity index (χ1v) is 47.3. The van der Waals surface area contributed by atoms with Crippen LogP contribution >= 0.6 is 0 Å². The van der Waals surface area contributed by atoms with E-state index in [9.17, 15) is 99.0 Å². The standard InChI is InChI=1S/C23H25N3O4.C22H23N3O4.C21H21N3O4.C20H21N3O4.C19H19N3O4/c1-26-15(11-24-14-5-3-6-14)8-13-9-17-12(10-18(13)26)4-2-7-16-20(17)25-22(28)19(21(16)27)23(29)30;1-24-14(11-25-6-3-7-25)8-13-9-16-12(10-17(13)24)4-2-5-15-19(16)23-21(27)18(20(15)26)22(28)29;1-23-13(10-24-5-2-6-24)7-12-8-15-11(9-16(12)23)3-4-14-18(15)22-20(26)17(19(14)25)21(27)28;1-21-9-12-6-11-7-14-10(8-15(11)23(12)2)4-3-5-13-17(14)22-19(25)16(18(13)24)20(26)27;1-20-8-11-5-10-6-13-9(7-14(10)22(11)2)3-4-12-16(13)21-18(24)15(17(12)23)19(25)26/h8-10,14,24H,2-7,11H2,1H3,(H,29,30)(H2,25,27,28);8-10H,2-7,11H2,1H3,(H,28,29)(H2,23,26,27);7-9H,2-6,10H2,1H3,(H,27,28)(H2,22,25,26);6-8,21H,3-5,9H2,1-2H3,(H,26,27)(H2,22,24,25);5-7,20H,3-4,8H2,1-2H3,(H,25,26)(H2,21,23,24). The summed E-state index contributed by atoms with van der Waals surface area (Å²) in [5, 5.41) is 114. The number of aromatic nitrogens is 10. The number of aromatic amines is 5. The van der Waals surface area contributed by atoms with Crippen molar-refractivity contribution in [3.8, 4) is 85.0 Å². The topological polar surface area (TPSA) is 519 Å². The second kappa shape index (κ2) is 37.2. The van der Waals surface area contributed by atoms with Crippen LogP contribution in [0.25, 0.3) is 111 Å². The van der Waals surface area contributed by atoms with E-state index in [0.29, 0.717) is 107 Å². The number of aryl methyl sites for hydroxylation is 10. The maximum Gasteiger partial charge on any atom is 0.345 e. The predicted octanol–water partition coefficient (Wildman–Crippen LogP) is 11.8. The van der Waals surface area contributed by atoms with Gasteiger partial charge in [-0.3, -0.25) is 33.8 Å². The molecule has 0 atom stereocenters. The lowest BCUT2D eigenvalue weighted by Crippen LogP contribution is -2.36. The SMILES string of the molecule is CNCc1cc2cc3c(cc2n1C)CCCc1c-3[nH]c(=O)c(C(=O)O)c1O.CNCc1cc2cc3c(cc2n1C)CCc1c-3[nH]c(=O)c(C(=O)O)c1O.Cn1c(CN2CCC2)cc2cc3c(cc21)CCCc1c-3[nH]c(=O)c(C(=O)O)c1O.Cn1c(CN2CCC2)cc2cc3c(cc21)CCc1c-3[nH]c(=O)c(C(=O)O)c1O.Cn1c(CNC2CCC2)cc2cc3c(cc21)CCCc1c-3[nH]c(=O)c(C(=O)O)c1O. The molecule has 0 spiro atoms. The molecule has 10 aromatic heterocycles. The number of carbonyl (C=O) groups is 5. The van der Waals surface area contributed by atoms with Crippen LogP contribution in [-0.4, -0.2) is 185 Å². The van der Waals surface area contributed by atoms with Crippen LogP contribution in [0.5, 0.6) is 28.7 Å². The Morgan fingerprint density at radius 3 is 0.764 bits per heavy atom. The molecule has 35 heteroatoms. The largest absolute Gasteiger partial charge is 0.506 e. The first-order chi connectivity index (χ1) is 67.1. The quantitative estimate of drug-likeness (QED) is 0.0427. The number of nitrogens with zero attached hydrogens (tertiary/aromatic N) is 7. The van der Waals surface area contributed by atoms with Gasteiger partial charge in [-0.2, -0.15) is 0 Å². The molecule has 724 valence electrons. The number of hydrogen-bond acceptors (Lipinski definition) is 20. The third-order valence-corrected chi connectivity index (χ3v) is 29.7. The average Bonchev–Trinajstić information content (AvgIpc) is 0.904. The maximum absolute atomic E-state index is 12.4. The summed E-state index contributed by atoms with van der Waals surface area (Å²) in [6.07, 6.45) is 14.8. The predicted molar refractivity (Wildman–Crippen MR) is 529 cm³/mol. The molecule has 6 aliphatic carbocycles. The number of pyridine rings is 5. The van der Waals surface area contributed by atoms with E-state index in [1.165, 1.54) is 49.2 Å². The van der Waals surface area contributed by atoms with Crippen LogP contribution < -0.4 is 43.7 Å². The van der Waals surface area contributed by atoms with Gasteiger partial charge in [-0.25, -0.2) is 24.0 Å². The zero-order valence-corrected chi connectivity index (χ0v) is 78.5. The molecule has 0 bridgehead atoms. The van der Waals surface area contributed by atoms with Gasteiger partial charge >= 0.3 is 29.8 Å². The normalized spacial score (nSPS) is 14.9. The number of carboxylic acids is 5. The van der Waals surface area contributed by atoms with Crippen molar-refractivity contribution in [2.24, 2.45) is 35.2 Å². The molecular weight excluding hydrogens is 1790 g/mol. The molecule has 1 saturated carbocycles. The fourth-order valence-electron chi connectivity index (χ4n) is 21.6. The molecule has 12 heterocycles. The van der Waals surface area contributed by atoms with E-state index in [-0.39, 0.29) is 0 Å². The lowest BCUT2D eigenvalue weighted by atomic mass is 9.87. The molecule has 5 aromatic carbocycles. The van der Waals surface area contributed by atoms with Crippen LogP contribution in [0.2, 0.25) is 0 Å². The zero-order valence-electron chi connectivity index (χ0n) is 78.5. The van der Waals surface area contributed by atoms with E-state index in [0.717, 1.165) is 219 Å². The summed E-state index contributed by atoms with van der Waals surface area (Å²) in [6.45, 7) is 8.69. The Kier molecular flexibility index (Phi) is 24.9. The van der Waals surface area contributed by atoms with Crippen LogP contribution in [-0.2, 0) is 132 Å². The van der Waals surface area contributed by atoms with Gasteiger partial charge in [0.15, 0.2) is 27.8 Å². The Balaban J connectivity index is 0.000000112. The Hall–Kier alpha value is -15.3. The van der Waals surface area contributed by atoms with Crippen molar-refractivity contribution < 1.29 is 75.0 Å². The maximum atomic E-state index is 12.4. The van der Waals surface area contributed by atoms with E-state index in [1.54, 1.807) is 0 Å². The number of rotatable bonds is 16. The zero-order chi connectivity index (χ0) is 98.7. The van der Waals surface area contributed by atoms with Crippen molar-refractivity contribution in [1.29, 1.82) is 0 Å². The van der Waals surface area contributed by atoms with Gasteiger partial charge in [0, 0.05) is 213 Å². The minimum Gasteiger partial charge on any atom is -0.506 e. The van der Waals surface area contributed by atoms with Gasteiger partial charge in [0.2, 0.25) is 0 Å². The number of aromatic hydroxyl groups is 5. The summed E-state index contributed by atoms with van der Waals surface area (Å²) < 4.78 is 10.9. The lowest BCUT2D eigenvalue weighted by molar-refractivity contribution is 0.0680. The second-order valence-corrected chi connectivity index (χ2v) is 37.9. The summed E-state index contributed by atoms with van der Waals surface area (Å²) in [4.78, 5) is 137. The van der Waals surface area contributed by atoms with Crippen molar-refractivity contribution >= 4 is 84.4 Å². The van der Waals surface area contributed by atoms with Gasteiger partial charge in [-0.1, -0.05) is 6.42 Å². The molecule has 0 unspecified atom stereocenters. The first-order valence-electron chi connectivity index (χ1n) is 47.3. The minimum absolute atomic E-state index is 0.407. The average molecular weight is 1900 g/mol. The molecule has 2 aliphatic heterocycles. The van der Waals surface area contributed by atoms with E-state index in [2.05, 4.69) is 167 Å². The molecule has 23 rings (SSSR count). The van der Waals surface area contributed by atoms with Gasteiger partial charge in [0.05, 0.1) is 28.5 Å². The number of likely N-dealkylation sites (tertiary alicyclic amines) is 2. The van der Waals surface area contributed by atoms with Crippen molar-refractivity contribution in [2.45, 2.75) is 154 Å². The van der Waals surface area contributed by atoms with Crippen molar-refractivity contribution in [2.75, 3.05) is 40.3 Å². The van der Waals surface area contributed by atoms with Crippen LogP contribution in [0.15, 0.2) is 115 Å². The summed E-state index contributed by atoms with van der Waals surface area (Å²) in [7, 11) is 14.1. The highest BCUT2D eigenvalue weighted by Crippen LogP contribution is 2.46. The van der Waals surface area contributed by atoms with E-state index >= 15 is 0 Å².